The first-order valence-corrected chi connectivity index (χ1v) is 9.04. The smallest absolute Gasteiger partial charge is 0.244 e. The van der Waals surface area contributed by atoms with E-state index in [4.69, 9.17) is 0 Å². The summed E-state index contributed by atoms with van der Waals surface area (Å²) in [5.41, 5.74) is 1.14. The Morgan fingerprint density at radius 1 is 1.08 bits per heavy atom. The van der Waals surface area contributed by atoms with E-state index < -0.39 is 0 Å². The molecule has 1 amide bonds. The zero-order chi connectivity index (χ0) is 16.1. The summed E-state index contributed by atoms with van der Waals surface area (Å²) in [6, 6.07) is 10.7. The third-order valence-corrected chi connectivity index (χ3v) is 5.24. The summed E-state index contributed by atoms with van der Waals surface area (Å²) in [5, 5.41) is 3.39. The van der Waals surface area contributed by atoms with Crippen LogP contribution >= 0.6 is 12.4 Å². The monoisotopic (exact) mass is 351 g/mol. The van der Waals surface area contributed by atoms with Crippen molar-refractivity contribution in [3.63, 3.8) is 0 Å². The first kappa shape index (κ1) is 19.2. The molecule has 2 heterocycles. The number of hydrogen-bond acceptors (Lipinski definition) is 3. The van der Waals surface area contributed by atoms with Gasteiger partial charge < -0.3 is 10.2 Å². The van der Waals surface area contributed by atoms with E-state index in [0.717, 1.165) is 51.0 Å². The van der Waals surface area contributed by atoms with Crippen LogP contribution in [0.15, 0.2) is 30.3 Å². The highest BCUT2D eigenvalue weighted by Gasteiger charge is 2.34. The van der Waals surface area contributed by atoms with Crippen molar-refractivity contribution >= 4 is 18.3 Å². The van der Waals surface area contributed by atoms with Gasteiger partial charge in [-0.1, -0.05) is 30.3 Å². The summed E-state index contributed by atoms with van der Waals surface area (Å²) in [5.74, 6) is 0.299. The minimum absolute atomic E-state index is 0. The lowest BCUT2D eigenvalue weighted by atomic mass is 9.97. The van der Waals surface area contributed by atoms with Crippen LogP contribution < -0.4 is 5.32 Å². The van der Waals surface area contributed by atoms with Crippen molar-refractivity contribution in [3.05, 3.63) is 35.9 Å². The van der Waals surface area contributed by atoms with Gasteiger partial charge in [0.05, 0.1) is 0 Å². The van der Waals surface area contributed by atoms with Gasteiger partial charge in [0.1, 0.15) is 6.04 Å². The third kappa shape index (κ3) is 4.50. The number of likely N-dealkylation sites (tertiary alicyclic amines) is 2. The van der Waals surface area contributed by atoms with Crippen molar-refractivity contribution in [2.45, 2.75) is 44.2 Å². The molecule has 2 aliphatic rings. The van der Waals surface area contributed by atoms with Gasteiger partial charge in [-0.3, -0.25) is 9.69 Å². The van der Waals surface area contributed by atoms with Crippen LogP contribution in [0.25, 0.3) is 0 Å². The molecule has 2 fully saturated rings. The Kier molecular flexibility index (Phi) is 7.53. The second-order valence-electron chi connectivity index (χ2n) is 6.82. The third-order valence-electron chi connectivity index (χ3n) is 5.24. The van der Waals surface area contributed by atoms with E-state index in [0.29, 0.717) is 11.9 Å². The summed E-state index contributed by atoms with van der Waals surface area (Å²) in [6.45, 7) is 3.81. The van der Waals surface area contributed by atoms with Gasteiger partial charge in [-0.05, 0) is 51.3 Å². The molecule has 4 nitrogen and oxygen atoms in total. The number of hydrogen-bond donors (Lipinski definition) is 1. The highest BCUT2D eigenvalue weighted by molar-refractivity contribution is 5.85. The average Bonchev–Trinajstić information content (AvgIpc) is 2.64. The van der Waals surface area contributed by atoms with E-state index in [2.05, 4.69) is 27.2 Å². The number of nitrogens with one attached hydrogen (secondary N) is 1. The highest BCUT2D eigenvalue weighted by Crippen LogP contribution is 2.28. The van der Waals surface area contributed by atoms with Gasteiger partial charge in [-0.25, -0.2) is 0 Å². The van der Waals surface area contributed by atoms with Crippen LogP contribution in [0.1, 0.15) is 43.7 Å². The molecule has 5 heteroatoms. The normalized spacial score (nSPS) is 23.4. The van der Waals surface area contributed by atoms with Crippen LogP contribution in [-0.2, 0) is 4.79 Å². The van der Waals surface area contributed by atoms with E-state index in [9.17, 15) is 4.79 Å². The maximum atomic E-state index is 13.3. The molecule has 1 aromatic carbocycles. The van der Waals surface area contributed by atoms with Crippen molar-refractivity contribution < 1.29 is 4.79 Å². The van der Waals surface area contributed by atoms with Gasteiger partial charge in [-0.2, -0.15) is 0 Å². The molecule has 0 spiro atoms. The predicted octanol–water partition coefficient (Wildman–Crippen LogP) is 2.85. The van der Waals surface area contributed by atoms with Gasteiger partial charge >= 0.3 is 0 Å². The van der Waals surface area contributed by atoms with Crippen molar-refractivity contribution in [2.75, 3.05) is 33.2 Å². The molecule has 0 aromatic heterocycles. The Labute approximate surface area is 152 Å². The molecule has 1 N–H and O–H groups in total. The first-order valence-electron chi connectivity index (χ1n) is 9.04. The number of rotatable bonds is 4. The topological polar surface area (TPSA) is 35.6 Å². The standard InChI is InChI=1S/C19H29N3O.ClH/c1-20-17-11-8-14-22(15-17)18(16-9-4-2-5-10-16)19(23)21-12-6-3-7-13-21;/h2,4-5,9-10,17-18,20H,3,6-8,11-15H2,1H3;1H. The number of piperidine rings is 2. The van der Waals surface area contributed by atoms with Crippen molar-refractivity contribution in [1.29, 1.82) is 0 Å². The molecule has 24 heavy (non-hydrogen) atoms. The summed E-state index contributed by atoms with van der Waals surface area (Å²) < 4.78 is 0. The van der Waals surface area contributed by atoms with Crippen LogP contribution in [0.3, 0.4) is 0 Å². The number of amides is 1. The second-order valence-corrected chi connectivity index (χ2v) is 6.82. The van der Waals surface area contributed by atoms with Gasteiger partial charge in [0.15, 0.2) is 0 Å². The molecule has 1 aromatic rings. The van der Waals surface area contributed by atoms with E-state index >= 15 is 0 Å². The lowest BCUT2D eigenvalue weighted by Crippen LogP contribution is -2.51. The SMILES string of the molecule is CNC1CCCN(C(C(=O)N2CCCCC2)c2ccccc2)C1.Cl. The molecule has 0 radical (unpaired) electrons. The van der Waals surface area contributed by atoms with E-state index in [1.807, 2.05) is 25.2 Å². The van der Waals surface area contributed by atoms with Crippen LogP contribution in [-0.4, -0.2) is 55.0 Å². The van der Waals surface area contributed by atoms with Crippen molar-refractivity contribution in [3.8, 4) is 0 Å². The fourth-order valence-electron chi connectivity index (χ4n) is 3.91. The number of carbonyl (C=O) groups excluding carboxylic acids is 1. The van der Waals surface area contributed by atoms with Crippen LogP contribution in [0.2, 0.25) is 0 Å². The maximum absolute atomic E-state index is 13.3. The Morgan fingerprint density at radius 2 is 1.79 bits per heavy atom. The van der Waals surface area contributed by atoms with E-state index in [-0.39, 0.29) is 18.4 Å². The van der Waals surface area contributed by atoms with E-state index in [1.54, 1.807) is 0 Å². The Hall–Kier alpha value is -1.10. The molecule has 2 atom stereocenters. The van der Waals surface area contributed by atoms with E-state index in [1.165, 1.54) is 12.8 Å². The Bertz CT molecular complexity index is 505. The molecule has 2 aliphatic heterocycles. The summed E-state index contributed by atoms with van der Waals surface area (Å²) >= 11 is 0. The quantitative estimate of drug-likeness (QED) is 0.906. The number of carbonyl (C=O) groups is 1. The van der Waals surface area contributed by atoms with Gasteiger partial charge in [-0.15, -0.1) is 12.4 Å². The molecule has 134 valence electrons. The zero-order valence-corrected chi connectivity index (χ0v) is 15.4. The number of likely N-dealkylation sites (N-methyl/N-ethyl adjacent to an activating group) is 1. The minimum atomic E-state index is -0.120. The predicted molar refractivity (Wildman–Crippen MR) is 101 cm³/mol. The molecule has 2 saturated heterocycles. The average molecular weight is 352 g/mol. The minimum Gasteiger partial charge on any atom is -0.341 e. The van der Waals surface area contributed by atoms with Gasteiger partial charge in [0, 0.05) is 25.7 Å². The molecule has 3 rings (SSSR count). The van der Waals surface area contributed by atoms with Gasteiger partial charge in [0.2, 0.25) is 5.91 Å². The first-order chi connectivity index (χ1) is 11.3. The number of nitrogens with zero attached hydrogens (tertiary/aromatic N) is 2. The summed E-state index contributed by atoms with van der Waals surface area (Å²) in [4.78, 5) is 17.7. The number of halogens is 1. The summed E-state index contributed by atoms with van der Waals surface area (Å²) in [7, 11) is 2.03. The molecule has 0 saturated carbocycles. The zero-order valence-electron chi connectivity index (χ0n) is 14.6. The lowest BCUT2D eigenvalue weighted by molar-refractivity contribution is -0.138. The second kappa shape index (κ2) is 9.40. The van der Waals surface area contributed by atoms with Crippen LogP contribution in [0.5, 0.6) is 0 Å². The highest BCUT2D eigenvalue weighted by atomic mass is 35.5. The largest absolute Gasteiger partial charge is 0.341 e. The molecule has 0 aliphatic carbocycles. The van der Waals surface area contributed by atoms with Crippen LogP contribution in [0.4, 0.5) is 0 Å². The van der Waals surface area contributed by atoms with Crippen molar-refractivity contribution in [1.82, 2.24) is 15.1 Å². The number of benzene rings is 1. The molecular formula is C19H30ClN3O. The fraction of sp³-hybridized carbons (Fsp3) is 0.632. The van der Waals surface area contributed by atoms with Crippen LogP contribution in [0, 0.1) is 0 Å². The van der Waals surface area contributed by atoms with Gasteiger partial charge in [0.25, 0.3) is 0 Å². The molecule has 0 bridgehead atoms. The fourth-order valence-corrected chi connectivity index (χ4v) is 3.91. The summed E-state index contributed by atoms with van der Waals surface area (Å²) in [6.07, 6.45) is 5.90. The Balaban J connectivity index is 0.00000208. The van der Waals surface area contributed by atoms with Crippen molar-refractivity contribution in [2.24, 2.45) is 0 Å². The molecular weight excluding hydrogens is 322 g/mol. The lowest BCUT2D eigenvalue weighted by Gasteiger charge is -2.40. The Morgan fingerprint density at radius 3 is 2.46 bits per heavy atom. The molecule has 2 unspecified atom stereocenters. The maximum Gasteiger partial charge on any atom is 0.244 e.